The monoisotopic (exact) mass is 206 g/mol. The molecule has 0 spiro atoms. The van der Waals surface area contributed by atoms with Crippen molar-refractivity contribution >= 4 is 5.97 Å². The van der Waals surface area contributed by atoms with E-state index in [2.05, 4.69) is 0 Å². The highest BCUT2D eigenvalue weighted by molar-refractivity contribution is 5.84. The lowest BCUT2D eigenvalue weighted by atomic mass is 10.3. The molecule has 1 aromatic rings. The van der Waals surface area contributed by atoms with Gasteiger partial charge in [-0.15, -0.1) is 0 Å². The first-order valence-corrected chi connectivity index (χ1v) is 4.54. The van der Waals surface area contributed by atoms with Gasteiger partial charge in [0.05, 0.1) is 0 Å². The first-order chi connectivity index (χ1) is 7.29. The number of allylic oxidation sites excluding steroid dienone is 1. The second-order valence-electron chi connectivity index (χ2n) is 2.94. The Labute approximate surface area is 87.1 Å². The number of benzene rings is 1. The minimum absolute atomic E-state index is 0.210. The number of hydrogen-bond acceptors (Lipinski definition) is 4. The van der Waals surface area contributed by atoms with Gasteiger partial charge in [-0.1, -0.05) is 6.08 Å². The molecule has 0 N–H and O–H groups in total. The van der Waals surface area contributed by atoms with Crippen molar-refractivity contribution < 1.29 is 19.0 Å². The molecule has 1 aliphatic rings. The van der Waals surface area contributed by atoms with Gasteiger partial charge in [-0.05, 0) is 19.1 Å². The maximum Gasteiger partial charge on any atom is 0.335 e. The Morgan fingerprint density at radius 2 is 2.20 bits per heavy atom. The van der Waals surface area contributed by atoms with Crippen LogP contribution in [0.4, 0.5) is 0 Å². The highest BCUT2D eigenvalue weighted by atomic mass is 16.7. The average molecular weight is 206 g/mol. The molecule has 1 aliphatic heterocycles. The van der Waals surface area contributed by atoms with Crippen molar-refractivity contribution in [3.8, 4) is 17.2 Å². The summed E-state index contributed by atoms with van der Waals surface area (Å²) in [6, 6.07) is 5.00. The van der Waals surface area contributed by atoms with Crippen LogP contribution in [-0.2, 0) is 4.79 Å². The van der Waals surface area contributed by atoms with Gasteiger partial charge < -0.3 is 14.2 Å². The largest absolute Gasteiger partial charge is 0.454 e. The maximum atomic E-state index is 11.1. The molecule has 0 saturated carbocycles. The molecule has 0 unspecified atom stereocenters. The summed E-state index contributed by atoms with van der Waals surface area (Å²) in [6.07, 6.45) is 2.97. The van der Waals surface area contributed by atoms with Gasteiger partial charge in [0.25, 0.3) is 0 Å². The second kappa shape index (κ2) is 4.04. The molecule has 0 aliphatic carbocycles. The van der Waals surface area contributed by atoms with E-state index in [1.54, 1.807) is 31.2 Å². The lowest BCUT2D eigenvalue weighted by Crippen LogP contribution is -2.03. The van der Waals surface area contributed by atoms with E-state index in [1.165, 1.54) is 6.08 Å². The van der Waals surface area contributed by atoms with E-state index in [1.807, 2.05) is 0 Å². The molecular weight excluding hydrogens is 196 g/mol. The van der Waals surface area contributed by atoms with Crippen molar-refractivity contribution in [3.63, 3.8) is 0 Å². The number of carbonyl (C=O) groups excluding carboxylic acids is 1. The van der Waals surface area contributed by atoms with Gasteiger partial charge in [0.15, 0.2) is 11.5 Å². The Morgan fingerprint density at radius 3 is 3.00 bits per heavy atom. The minimum atomic E-state index is -0.406. The van der Waals surface area contributed by atoms with Gasteiger partial charge in [-0.2, -0.15) is 0 Å². The van der Waals surface area contributed by atoms with E-state index in [0.717, 1.165) is 0 Å². The zero-order valence-electron chi connectivity index (χ0n) is 8.23. The van der Waals surface area contributed by atoms with Crippen LogP contribution >= 0.6 is 0 Å². The molecule has 15 heavy (non-hydrogen) atoms. The van der Waals surface area contributed by atoms with E-state index in [-0.39, 0.29) is 6.79 Å². The van der Waals surface area contributed by atoms with Crippen molar-refractivity contribution in [3.05, 3.63) is 30.4 Å². The third kappa shape index (κ3) is 2.10. The number of fused-ring (bicyclic) bond motifs is 1. The predicted molar refractivity (Wildman–Crippen MR) is 53.0 cm³/mol. The molecule has 0 aromatic heterocycles. The van der Waals surface area contributed by atoms with Crippen LogP contribution in [0.3, 0.4) is 0 Å². The normalized spacial score (nSPS) is 13.1. The minimum Gasteiger partial charge on any atom is -0.454 e. The Bertz CT molecular complexity index is 409. The van der Waals surface area contributed by atoms with Crippen LogP contribution in [0.5, 0.6) is 17.2 Å². The molecule has 1 aromatic carbocycles. The van der Waals surface area contributed by atoms with Crippen molar-refractivity contribution in [1.29, 1.82) is 0 Å². The van der Waals surface area contributed by atoms with Crippen LogP contribution in [0.15, 0.2) is 30.4 Å². The number of rotatable bonds is 2. The third-order valence-electron chi connectivity index (χ3n) is 1.87. The van der Waals surface area contributed by atoms with Gasteiger partial charge in [-0.3, -0.25) is 0 Å². The van der Waals surface area contributed by atoms with E-state index in [4.69, 9.17) is 14.2 Å². The summed E-state index contributed by atoms with van der Waals surface area (Å²) in [4.78, 5) is 11.1. The highest BCUT2D eigenvalue weighted by Gasteiger charge is 2.14. The van der Waals surface area contributed by atoms with Crippen LogP contribution in [0.2, 0.25) is 0 Å². The Morgan fingerprint density at radius 1 is 1.40 bits per heavy atom. The van der Waals surface area contributed by atoms with Crippen LogP contribution in [0.1, 0.15) is 6.92 Å². The molecule has 0 amide bonds. The number of hydrogen-bond donors (Lipinski definition) is 0. The molecule has 4 nitrogen and oxygen atoms in total. The standard InChI is InChI=1S/C11H10O4/c1-2-3-11(12)15-8-4-5-9-10(6-8)14-7-13-9/h2-6H,7H2,1H3. The molecule has 0 radical (unpaired) electrons. The smallest absolute Gasteiger partial charge is 0.335 e. The van der Waals surface area contributed by atoms with Crippen molar-refractivity contribution in [2.75, 3.05) is 6.79 Å². The first-order valence-electron chi connectivity index (χ1n) is 4.54. The second-order valence-corrected chi connectivity index (χ2v) is 2.94. The topological polar surface area (TPSA) is 44.8 Å². The zero-order chi connectivity index (χ0) is 10.7. The Balaban J connectivity index is 2.13. The van der Waals surface area contributed by atoms with Gasteiger partial charge in [0, 0.05) is 12.1 Å². The molecule has 0 bridgehead atoms. The fraction of sp³-hybridized carbons (Fsp3) is 0.182. The van der Waals surface area contributed by atoms with E-state index in [9.17, 15) is 4.79 Å². The first kappa shape index (κ1) is 9.58. The maximum absolute atomic E-state index is 11.1. The Kier molecular flexibility index (Phi) is 2.58. The number of carbonyl (C=O) groups is 1. The number of ether oxygens (including phenoxy) is 3. The van der Waals surface area contributed by atoms with Gasteiger partial charge in [-0.25, -0.2) is 4.79 Å². The molecule has 1 heterocycles. The predicted octanol–water partition coefficient (Wildman–Crippen LogP) is 1.90. The summed E-state index contributed by atoms with van der Waals surface area (Å²) in [5, 5.41) is 0. The summed E-state index contributed by atoms with van der Waals surface area (Å²) < 4.78 is 15.3. The lowest BCUT2D eigenvalue weighted by Gasteiger charge is -2.02. The lowest BCUT2D eigenvalue weighted by molar-refractivity contribution is -0.129. The summed E-state index contributed by atoms with van der Waals surface area (Å²) in [7, 11) is 0. The van der Waals surface area contributed by atoms with Crippen molar-refractivity contribution in [2.24, 2.45) is 0 Å². The quantitative estimate of drug-likeness (QED) is 0.421. The Hall–Kier alpha value is -1.97. The molecule has 0 saturated heterocycles. The molecule has 0 fully saturated rings. The summed E-state index contributed by atoms with van der Waals surface area (Å²) in [6.45, 7) is 1.96. The molecule has 2 rings (SSSR count). The average Bonchev–Trinajstić information content (AvgIpc) is 2.65. The number of esters is 1. The van der Waals surface area contributed by atoms with Crippen LogP contribution in [-0.4, -0.2) is 12.8 Å². The molecular formula is C11H10O4. The highest BCUT2D eigenvalue weighted by Crippen LogP contribution is 2.35. The van der Waals surface area contributed by atoms with Crippen molar-refractivity contribution in [2.45, 2.75) is 6.92 Å². The zero-order valence-corrected chi connectivity index (χ0v) is 8.23. The van der Waals surface area contributed by atoms with Crippen LogP contribution in [0, 0.1) is 0 Å². The summed E-state index contributed by atoms with van der Waals surface area (Å²) >= 11 is 0. The molecule has 0 atom stereocenters. The molecule has 78 valence electrons. The molecule has 4 heteroatoms. The SMILES string of the molecule is CC=CC(=O)Oc1ccc2c(c1)OCO2. The van der Waals surface area contributed by atoms with Gasteiger partial charge >= 0.3 is 5.97 Å². The fourth-order valence-electron chi connectivity index (χ4n) is 1.23. The van der Waals surface area contributed by atoms with E-state index in [0.29, 0.717) is 17.2 Å². The van der Waals surface area contributed by atoms with E-state index < -0.39 is 5.97 Å². The summed E-state index contributed by atoms with van der Waals surface area (Å²) in [5.41, 5.74) is 0. The van der Waals surface area contributed by atoms with E-state index >= 15 is 0 Å². The van der Waals surface area contributed by atoms with Crippen molar-refractivity contribution in [1.82, 2.24) is 0 Å². The summed E-state index contributed by atoms with van der Waals surface area (Å²) in [5.74, 6) is 1.31. The third-order valence-corrected chi connectivity index (χ3v) is 1.87. The van der Waals surface area contributed by atoms with Gasteiger partial charge in [0.2, 0.25) is 6.79 Å². The fourth-order valence-corrected chi connectivity index (χ4v) is 1.23. The van der Waals surface area contributed by atoms with Crippen LogP contribution in [0.25, 0.3) is 0 Å². The van der Waals surface area contributed by atoms with Crippen LogP contribution < -0.4 is 14.2 Å². The van der Waals surface area contributed by atoms with Gasteiger partial charge in [0.1, 0.15) is 5.75 Å².